The summed E-state index contributed by atoms with van der Waals surface area (Å²) in [5.41, 5.74) is 4.07. The number of carbonyl (C=O) groups is 1. The third-order valence-corrected chi connectivity index (χ3v) is 8.90. The molecule has 3 fully saturated rings. The maximum atomic E-state index is 12.6. The fourth-order valence-corrected chi connectivity index (χ4v) is 6.52. The summed E-state index contributed by atoms with van der Waals surface area (Å²) < 4.78 is 13.3. The molecule has 0 N–H and O–H groups in total. The molecule has 6 heterocycles. The lowest BCUT2D eigenvalue weighted by Gasteiger charge is -2.53. The molecule has 0 unspecified atom stereocenters. The van der Waals surface area contributed by atoms with Gasteiger partial charge in [-0.2, -0.15) is 0 Å². The Balaban J connectivity index is 1.00. The van der Waals surface area contributed by atoms with E-state index in [4.69, 9.17) is 14.5 Å². The molecule has 1 spiro atoms. The zero-order valence-electron chi connectivity index (χ0n) is 28.0. The largest absolute Gasteiger partial charge is 0.444 e. The predicted octanol–water partition coefficient (Wildman–Crippen LogP) is 3.26. The molecule has 1 amide bonds. The monoisotopic (exact) mass is 630 g/mol. The Hall–Kier alpha value is -4.03. The summed E-state index contributed by atoms with van der Waals surface area (Å²) in [7, 11) is 1.79. The number of anilines is 2. The van der Waals surface area contributed by atoms with Crippen molar-refractivity contribution in [3.63, 3.8) is 0 Å². The van der Waals surface area contributed by atoms with E-state index in [0.29, 0.717) is 38.7 Å². The van der Waals surface area contributed by atoms with Gasteiger partial charge in [-0.05, 0) is 52.3 Å². The van der Waals surface area contributed by atoms with Crippen LogP contribution in [0.2, 0.25) is 0 Å². The first-order chi connectivity index (χ1) is 21.9. The number of aryl methyl sites for hydroxylation is 3. The van der Waals surface area contributed by atoms with Gasteiger partial charge in [-0.3, -0.25) is 9.69 Å². The standard InChI is InChI=1S/C34H46N8O4/c1-7-28-27(26-16-24(2)30(43)38(6)20-26)8-9-29(37-28)40-12-10-39(11-13-40)19-25-17-35-31(36-18-25)42-22-34(23-42)21-41(14-15-45-34)32(44)46-33(3,4)5/h8-9,16-18,20H,7,10-15,19,21-23H2,1-6H3. The zero-order chi connectivity index (χ0) is 32.6. The molecule has 3 aromatic heterocycles. The van der Waals surface area contributed by atoms with Gasteiger partial charge in [0, 0.05) is 87.2 Å². The minimum absolute atomic E-state index is 0.0279. The number of rotatable bonds is 6. The number of carbonyl (C=O) groups excluding carboxylic acids is 1. The van der Waals surface area contributed by atoms with E-state index in [1.165, 1.54) is 0 Å². The van der Waals surface area contributed by atoms with Crippen molar-refractivity contribution in [2.45, 2.75) is 58.8 Å². The van der Waals surface area contributed by atoms with Crippen molar-refractivity contribution in [2.24, 2.45) is 7.05 Å². The van der Waals surface area contributed by atoms with Crippen LogP contribution in [-0.2, 0) is 29.5 Å². The molecular weight excluding hydrogens is 584 g/mol. The van der Waals surface area contributed by atoms with Gasteiger partial charge in [-0.1, -0.05) is 6.92 Å². The maximum absolute atomic E-state index is 12.6. The number of nitrogens with zero attached hydrogens (tertiary/aromatic N) is 8. The van der Waals surface area contributed by atoms with Crippen molar-refractivity contribution >= 4 is 17.9 Å². The van der Waals surface area contributed by atoms with Crippen molar-refractivity contribution in [1.82, 2.24) is 29.3 Å². The molecule has 3 aliphatic rings. The van der Waals surface area contributed by atoms with Crippen LogP contribution in [0.25, 0.3) is 11.1 Å². The summed E-state index contributed by atoms with van der Waals surface area (Å²) in [6, 6.07) is 6.20. The summed E-state index contributed by atoms with van der Waals surface area (Å²) in [6.07, 6.45) is 6.26. The second-order valence-electron chi connectivity index (χ2n) is 13.8. The third kappa shape index (κ3) is 6.87. The van der Waals surface area contributed by atoms with E-state index in [9.17, 15) is 9.59 Å². The smallest absolute Gasteiger partial charge is 0.410 e. The van der Waals surface area contributed by atoms with E-state index in [0.717, 1.165) is 72.9 Å². The molecule has 0 aromatic carbocycles. The van der Waals surface area contributed by atoms with Crippen LogP contribution >= 0.6 is 0 Å². The quantitative estimate of drug-likeness (QED) is 0.403. The van der Waals surface area contributed by atoms with Gasteiger partial charge in [0.2, 0.25) is 5.95 Å². The molecule has 0 aliphatic carbocycles. The molecule has 3 aliphatic heterocycles. The van der Waals surface area contributed by atoms with Crippen molar-refractivity contribution in [3.8, 4) is 11.1 Å². The van der Waals surface area contributed by atoms with Crippen molar-refractivity contribution in [1.29, 1.82) is 0 Å². The lowest BCUT2D eigenvalue weighted by atomic mass is 9.92. The van der Waals surface area contributed by atoms with Crippen LogP contribution < -0.4 is 15.4 Å². The molecule has 46 heavy (non-hydrogen) atoms. The van der Waals surface area contributed by atoms with Gasteiger partial charge in [-0.15, -0.1) is 0 Å². The van der Waals surface area contributed by atoms with Crippen LogP contribution in [0.15, 0.2) is 41.6 Å². The molecule has 3 aromatic rings. The van der Waals surface area contributed by atoms with Crippen molar-refractivity contribution in [3.05, 3.63) is 64.0 Å². The Morgan fingerprint density at radius 3 is 2.39 bits per heavy atom. The highest BCUT2D eigenvalue weighted by Gasteiger charge is 2.49. The lowest BCUT2D eigenvalue weighted by molar-refractivity contribution is -0.122. The van der Waals surface area contributed by atoms with E-state index in [-0.39, 0.29) is 11.7 Å². The Morgan fingerprint density at radius 2 is 1.74 bits per heavy atom. The molecule has 3 saturated heterocycles. The molecule has 0 bridgehead atoms. The molecule has 246 valence electrons. The predicted molar refractivity (Wildman–Crippen MR) is 177 cm³/mol. The van der Waals surface area contributed by atoms with Gasteiger partial charge in [0.05, 0.1) is 31.9 Å². The minimum Gasteiger partial charge on any atom is -0.444 e. The molecule has 12 nitrogen and oxygen atoms in total. The molecule has 6 rings (SSSR count). The minimum atomic E-state index is -0.521. The average Bonchev–Trinajstić information content (AvgIpc) is 3.02. The number of aromatic nitrogens is 4. The van der Waals surface area contributed by atoms with Gasteiger partial charge in [0.25, 0.3) is 5.56 Å². The summed E-state index contributed by atoms with van der Waals surface area (Å²) in [5, 5.41) is 0. The van der Waals surface area contributed by atoms with Crippen LogP contribution in [0.1, 0.15) is 44.5 Å². The molecule has 0 atom stereocenters. The number of piperazine rings is 1. The van der Waals surface area contributed by atoms with Crippen LogP contribution in [0.4, 0.5) is 16.6 Å². The zero-order valence-corrected chi connectivity index (χ0v) is 28.0. The Bertz CT molecular complexity index is 1590. The topological polar surface area (TPSA) is 109 Å². The van der Waals surface area contributed by atoms with E-state index in [1.54, 1.807) is 16.5 Å². The first-order valence-corrected chi connectivity index (χ1v) is 16.2. The Kier molecular flexibility index (Phi) is 8.77. The molecule has 0 saturated carbocycles. The second kappa shape index (κ2) is 12.6. The molecule has 12 heteroatoms. The van der Waals surface area contributed by atoms with Crippen LogP contribution in [-0.4, -0.2) is 106 Å². The highest BCUT2D eigenvalue weighted by Crippen LogP contribution is 2.32. The van der Waals surface area contributed by atoms with Crippen molar-refractivity contribution < 1.29 is 14.3 Å². The van der Waals surface area contributed by atoms with Gasteiger partial charge in [0.15, 0.2) is 0 Å². The number of pyridine rings is 2. The fraction of sp³-hybridized carbons (Fsp3) is 0.559. The number of hydrogen-bond acceptors (Lipinski definition) is 10. The summed E-state index contributed by atoms with van der Waals surface area (Å²) >= 11 is 0. The fourth-order valence-electron chi connectivity index (χ4n) is 6.52. The third-order valence-electron chi connectivity index (χ3n) is 8.90. The highest BCUT2D eigenvalue weighted by molar-refractivity contribution is 5.69. The van der Waals surface area contributed by atoms with Crippen LogP contribution in [0.3, 0.4) is 0 Å². The van der Waals surface area contributed by atoms with Gasteiger partial charge < -0.3 is 28.7 Å². The van der Waals surface area contributed by atoms with E-state index in [1.807, 2.05) is 52.4 Å². The number of hydrogen-bond donors (Lipinski definition) is 0. The lowest BCUT2D eigenvalue weighted by Crippen LogP contribution is -2.71. The normalized spacial score (nSPS) is 18.5. The first kappa shape index (κ1) is 31.9. The maximum Gasteiger partial charge on any atom is 0.410 e. The summed E-state index contributed by atoms with van der Waals surface area (Å²) in [5.74, 6) is 1.68. The van der Waals surface area contributed by atoms with Gasteiger partial charge in [-0.25, -0.2) is 19.7 Å². The Morgan fingerprint density at radius 1 is 1.02 bits per heavy atom. The van der Waals surface area contributed by atoms with E-state index in [2.05, 4.69) is 43.7 Å². The van der Waals surface area contributed by atoms with Gasteiger partial charge >= 0.3 is 6.09 Å². The highest BCUT2D eigenvalue weighted by atomic mass is 16.6. The Labute approximate surface area is 271 Å². The number of ether oxygens (including phenoxy) is 2. The van der Waals surface area contributed by atoms with E-state index < -0.39 is 11.2 Å². The molecular formula is C34H46N8O4. The first-order valence-electron chi connectivity index (χ1n) is 16.2. The second-order valence-corrected chi connectivity index (χ2v) is 13.8. The number of morpholine rings is 1. The molecule has 0 radical (unpaired) electrons. The summed E-state index contributed by atoms with van der Waals surface area (Å²) in [6.45, 7) is 16.9. The summed E-state index contributed by atoms with van der Waals surface area (Å²) in [4.78, 5) is 47.8. The van der Waals surface area contributed by atoms with E-state index >= 15 is 0 Å². The van der Waals surface area contributed by atoms with Crippen LogP contribution in [0.5, 0.6) is 0 Å². The van der Waals surface area contributed by atoms with Gasteiger partial charge in [0.1, 0.15) is 17.0 Å². The SMILES string of the molecule is CCc1nc(N2CCN(Cc3cnc(N4CC5(CN(C(=O)OC(C)(C)C)CCO5)C4)nc3)CC2)ccc1-c1cc(C)c(=O)n(C)c1. The number of amides is 1. The van der Waals surface area contributed by atoms with Crippen molar-refractivity contribution in [2.75, 3.05) is 68.8 Å². The average molecular weight is 631 g/mol. The van der Waals surface area contributed by atoms with Crippen LogP contribution in [0, 0.1) is 6.92 Å².